The van der Waals surface area contributed by atoms with Gasteiger partial charge in [0.2, 0.25) is 0 Å². The Morgan fingerprint density at radius 2 is 1.84 bits per heavy atom. The number of aromatic nitrogens is 1. The van der Waals surface area contributed by atoms with Crippen LogP contribution >= 0.6 is 0 Å². The molecular formula is C25H23F3N4O5. The van der Waals surface area contributed by atoms with Crippen LogP contribution in [0.1, 0.15) is 45.7 Å². The topological polar surface area (TPSA) is 144 Å². The van der Waals surface area contributed by atoms with Crippen LogP contribution in [0.2, 0.25) is 0 Å². The van der Waals surface area contributed by atoms with E-state index >= 15 is 0 Å². The highest BCUT2D eigenvalue weighted by Crippen LogP contribution is 2.34. The predicted molar refractivity (Wildman–Crippen MR) is 127 cm³/mol. The number of benzene rings is 2. The van der Waals surface area contributed by atoms with Crippen molar-refractivity contribution in [3.05, 3.63) is 82.7 Å². The van der Waals surface area contributed by atoms with Crippen molar-refractivity contribution < 1.29 is 37.4 Å². The molecule has 1 unspecified atom stereocenters. The van der Waals surface area contributed by atoms with Gasteiger partial charge in [0, 0.05) is 24.5 Å². The Kier molecular flexibility index (Phi) is 8.13. The standard InChI is InChI=1S/C25H23F3N4O5/c1-13-9-15(3-6-21(13)37-17-7-8-30-20(11-17)23(34)35)12-31-24(36)32-19-10-16(25(26,27)28)4-5-18(19)22(29)14(2)33/h3-11,22H,12,29H2,1-2H3,(H,34,35)(H2,31,32,36). The second-order valence-electron chi connectivity index (χ2n) is 8.08. The fourth-order valence-electron chi connectivity index (χ4n) is 3.33. The third-order valence-corrected chi connectivity index (χ3v) is 5.27. The van der Waals surface area contributed by atoms with Gasteiger partial charge in [-0.1, -0.05) is 18.2 Å². The van der Waals surface area contributed by atoms with E-state index in [9.17, 15) is 27.6 Å². The minimum Gasteiger partial charge on any atom is -0.477 e. The van der Waals surface area contributed by atoms with E-state index in [0.717, 1.165) is 18.2 Å². The Hall–Kier alpha value is -4.45. The number of carboxylic acid groups (broad SMARTS) is 1. The molecule has 2 aromatic carbocycles. The summed E-state index contributed by atoms with van der Waals surface area (Å²) < 4.78 is 45.2. The van der Waals surface area contributed by atoms with Gasteiger partial charge in [0.05, 0.1) is 11.6 Å². The van der Waals surface area contributed by atoms with Gasteiger partial charge in [-0.15, -0.1) is 0 Å². The Morgan fingerprint density at radius 1 is 1.11 bits per heavy atom. The maximum Gasteiger partial charge on any atom is 0.416 e. The van der Waals surface area contributed by atoms with Crippen LogP contribution in [0.4, 0.5) is 23.7 Å². The molecule has 5 N–H and O–H groups in total. The second kappa shape index (κ2) is 11.1. The lowest BCUT2D eigenvalue weighted by molar-refractivity contribution is -0.137. The number of urea groups is 1. The lowest BCUT2D eigenvalue weighted by atomic mass is 10.00. The molecule has 0 aliphatic rings. The lowest BCUT2D eigenvalue weighted by Crippen LogP contribution is -2.30. The largest absolute Gasteiger partial charge is 0.477 e. The fraction of sp³-hybridized carbons (Fsp3) is 0.200. The summed E-state index contributed by atoms with van der Waals surface area (Å²) in [6.45, 7) is 2.97. The number of hydrogen-bond acceptors (Lipinski definition) is 6. The van der Waals surface area contributed by atoms with Crippen LogP contribution in [-0.4, -0.2) is 27.9 Å². The summed E-state index contributed by atoms with van der Waals surface area (Å²) in [6, 6.07) is 8.36. The number of amides is 2. The summed E-state index contributed by atoms with van der Waals surface area (Å²) in [5.74, 6) is -0.946. The SMILES string of the molecule is CC(=O)C(N)c1ccc(C(F)(F)F)cc1NC(=O)NCc1ccc(Oc2ccnc(C(=O)O)c2)c(C)c1. The zero-order chi connectivity index (χ0) is 27.3. The first-order chi connectivity index (χ1) is 17.3. The van der Waals surface area contributed by atoms with Crippen molar-refractivity contribution >= 4 is 23.5 Å². The number of pyridine rings is 1. The number of carbonyl (C=O) groups is 3. The number of alkyl halides is 3. The van der Waals surface area contributed by atoms with Crippen molar-refractivity contribution in [1.29, 1.82) is 0 Å². The Labute approximate surface area is 209 Å². The number of rotatable bonds is 8. The average molecular weight is 516 g/mol. The molecule has 9 nitrogen and oxygen atoms in total. The number of halogens is 3. The van der Waals surface area contributed by atoms with Crippen LogP contribution in [0.25, 0.3) is 0 Å². The van der Waals surface area contributed by atoms with Gasteiger partial charge in [-0.25, -0.2) is 14.6 Å². The van der Waals surface area contributed by atoms with Gasteiger partial charge in [0.1, 0.15) is 11.5 Å². The number of anilines is 1. The first-order valence-electron chi connectivity index (χ1n) is 10.8. The van der Waals surface area contributed by atoms with Crippen LogP contribution < -0.4 is 21.1 Å². The van der Waals surface area contributed by atoms with E-state index in [1.165, 1.54) is 25.3 Å². The molecule has 1 heterocycles. The van der Waals surface area contributed by atoms with Crippen molar-refractivity contribution in [3.63, 3.8) is 0 Å². The summed E-state index contributed by atoms with van der Waals surface area (Å²) in [6.07, 6.45) is -3.34. The first kappa shape index (κ1) is 27.1. The summed E-state index contributed by atoms with van der Waals surface area (Å²) >= 11 is 0. The minimum absolute atomic E-state index is 0.0262. The normalized spacial score (nSPS) is 11.9. The number of aromatic carboxylic acids is 1. The molecule has 3 rings (SSSR count). The minimum atomic E-state index is -4.65. The molecule has 2 amide bonds. The molecule has 0 spiro atoms. The van der Waals surface area contributed by atoms with Crippen molar-refractivity contribution in [2.75, 3.05) is 5.32 Å². The molecule has 3 aromatic rings. The zero-order valence-electron chi connectivity index (χ0n) is 19.7. The predicted octanol–water partition coefficient (Wildman–Crippen LogP) is 4.81. The van der Waals surface area contributed by atoms with E-state index in [-0.39, 0.29) is 29.2 Å². The molecule has 0 saturated carbocycles. The van der Waals surface area contributed by atoms with Crippen molar-refractivity contribution in [3.8, 4) is 11.5 Å². The molecular weight excluding hydrogens is 493 g/mol. The number of aryl methyl sites for hydroxylation is 1. The number of nitrogens with two attached hydrogens (primary N) is 1. The van der Waals surface area contributed by atoms with E-state index in [0.29, 0.717) is 16.9 Å². The van der Waals surface area contributed by atoms with Crippen molar-refractivity contribution in [2.45, 2.75) is 32.6 Å². The van der Waals surface area contributed by atoms with E-state index in [1.807, 2.05) is 0 Å². The summed E-state index contributed by atoms with van der Waals surface area (Å²) in [7, 11) is 0. The summed E-state index contributed by atoms with van der Waals surface area (Å²) in [4.78, 5) is 38.9. The quantitative estimate of drug-likeness (QED) is 0.336. The highest BCUT2D eigenvalue weighted by Gasteiger charge is 2.32. The Morgan fingerprint density at radius 3 is 2.46 bits per heavy atom. The van der Waals surface area contributed by atoms with Gasteiger partial charge in [0.15, 0.2) is 11.5 Å². The van der Waals surface area contributed by atoms with E-state index < -0.39 is 35.6 Å². The highest BCUT2D eigenvalue weighted by atomic mass is 19.4. The third-order valence-electron chi connectivity index (χ3n) is 5.27. The monoisotopic (exact) mass is 516 g/mol. The average Bonchev–Trinajstić information content (AvgIpc) is 2.83. The number of nitrogens with zero attached hydrogens (tertiary/aromatic N) is 1. The zero-order valence-corrected chi connectivity index (χ0v) is 19.7. The number of hydrogen-bond donors (Lipinski definition) is 4. The van der Waals surface area contributed by atoms with Crippen LogP contribution in [0.15, 0.2) is 54.7 Å². The van der Waals surface area contributed by atoms with Crippen molar-refractivity contribution in [2.24, 2.45) is 5.73 Å². The maximum atomic E-state index is 13.2. The number of ether oxygens (including phenoxy) is 1. The molecule has 0 aliphatic carbocycles. The number of carbonyl (C=O) groups excluding carboxylic acids is 2. The molecule has 1 aromatic heterocycles. The Bertz CT molecular complexity index is 1340. The molecule has 12 heteroatoms. The molecule has 0 radical (unpaired) electrons. The molecule has 0 bridgehead atoms. The molecule has 0 saturated heterocycles. The van der Waals surface area contributed by atoms with Crippen LogP contribution in [0.5, 0.6) is 11.5 Å². The molecule has 37 heavy (non-hydrogen) atoms. The number of Topliss-reactive ketones (excluding diaryl/α,β-unsaturated/α-hetero) is 1. The number of nitrogens with one attached hydrogen (secondary N) is 2. The van der Waals surface area contributed by atoms with Gasteiger partial charge < -0.3 is 26.2 Å². The molecule has 194 valence electrons. The van der Waals surface area contributed by atoms with E-state index in [1.54, 1.807) is 25.1 Å². The van der Waals surface area contributed by atoms with E-state index in [2.05, 4.69) is 15.6 Å². The summed E-state index contributed by atoms with van der Waals surface area (Å²) in [5.41, 5.74) is 5.79. The molecule has 1 atom stereocenters. The summed E-state index contributed by atoms with van der Waals surface area (Å²) in [5, 5.41) is 13.9. The first-order valence-corrected chi connectivity index (χ1v) is 10.8. The van der Waals surface area contributed by atoms with Gasteiger partial charge in [-0.05, 0) is 54.8 Å². The van der Waals surface area contributed by atoms with Crippen LogP contribution in [-0.2, 0) is 17.5 Å². The van der Waals surface area contributed by atoms with Gasteiger partial charge in [0.25, 0.3) is 0 Å². The number of ketones is 1. The Balaban J connectivity index is 1.70. The van der Waals surface area contributed by atoms with Gasteiger partial charge in [-0.3, -0.25) is 4.79 Å². The van der Waals surface area contributed by atoms with Crippen LogP contribution in [0.3, 0.4) is 0 Å². The smallest absolute Gasteiger partial charge is 0.416 e. The van der Waals surface area contributed by atoms with Gasteiger partial charge >= 0.3 is 18.2 Å². The van der Waals surface area contributed by atoms with E-state index in [4.69, 9.17) is 15.6 Å². The fourth-order valence-corrected chi connectivity index (χ4v) is 3.33. The molecule has 0 aliphatic heterocycles. The lowest BCUT2D eigenvalue weighted by Gasteiger charge is -2.18. The van der Waals surface area contributed by atoms with Crippen molar-refractivity contribution in [1.82, 2.24) is 10.3 Å². The maximum absolute atomic E-state index is 13.2. The highest BCUT2D eigenvalue weighted by molar-refractivity contribution is 5.92. The molecule has 0 fully saturated rings. The van der Waals surface area contributed by atoms with Crippen LogP contribution in [0, 0.1) is 6.92 Å². The van der Waals surface area contributed by atoms with Gasteiger partial charge in [-0.2, -0.15) is 13.2 Å². The second-order valence-corrected chi connectivity index (χ2v) is 8.08. The number of carboxylic acids is 1. The third kappa shape index (κ3) is 7.04.